The summed E-state index contributed by atoms with van der Waals surface area (Å²) < 4.78 is 4.69. The third-order valence-electron chi connectivity index (χ3n) is 3.64. The van der Waals surface area contributed by atoms with E-state index in [2.05, 4.69) is 27.7 Å². The van der Waals surface area contributed by atoms with Crippen molar-refractivity contribution in [3.05, 3.63) is 0 Å². The van der Waals surface area contributed by atoms with Gasteiger partial charge in [-0.1, -0.05) is 34.6 Å². The molecule has 0 amide bonds. The van der Waals surface area contributed by atoms with Gasteiger partial charge in [0.1, 0.15) is 0 Å². The molecule has 0 aromatic carbocycles. The molecular formula is C14H24O3. The fraction of sp³-hybridized carbons (Fsp3) is 0.857. The van der Waals surface area contributed by atoms with Crippen molar-refractivity contribution < 1.29 is 14.3 Å². The van der Waals surface area contributed by atoms with Gasteiger partial charge in [0.15, 0.2) is 0 Å². The number of hydrogen-bond donors (Lipinski definition) is 0. The topological polar surface area (TPSA) is 43.4 Å². The molecule has 0 aromatic heterocycles. The van der Waals surface area contributed by atoms with E-state index in [9.17, 15) is 9.59 Å². The van der Waals surface area contributed by atoms with Gasteiger partial charge in [-0.25, -0.2) is 0 Å². The number of esters is 2. The number of carbonyl (C=O) groups excluding carboxylic acids is 2. The van der Waals surface area contributed by atoms with E-state index in [0.717, 1.165) is 12.8 Å². The molecule has 1 fully saturated rings. The Morgan fingerprint density at radius 1 is 1.06 bits per heavy atom. The van der Waals surface area contributed by atoms with Gasteiger partial charge in [0.05, 0.1) is 11.8 Å². The zero-order valence-corrected chi connectivity index (χ0v) is 11.5. The van der Waals surface area contributed by atoms with Crippen LogP contribution in [-0.4, -0.2) is 11.9 Å². The van der Waals surface area contributed by atoms with Crippen LogP contribution in [-0.2, 0) is 14.3 Å². The number of cyclic esters (lactones) is 2. The van der Waals surface area contributed by atoms with Gasteiger partial charge in [-0.2, -0.15) is 0 Å². The third kappa shape index (κ3) is 3.55. The van der Waals surface area contributed by atoms with Crippen LogP contribution in [0.25, 0.3) is 0 Å². The highest BCUT2D eigenvalue weighted by atomic mass is 16.6. The predicted octanol–water partition coefficient (Wildman–Crippen LogP) is 3.03. The Morgan fingerprint density at radius 2 is 1.65 bits per heavy atom. The maximum absolute atomic E-state index is 11.6. The summed E-state index contributed by atoms with van der Waals surface area (Å²) in [4.78, 5) is 22.9. The smallest absolute Gasteiger partial charge is 0.317 e. The van der Waals surface area contributed by atoms with Crippen LogP contribution in [0.15, 0.2) is 0 Å². The highest BCUT2D eigenvalue weighted by Gasteiger charge is 2.44. The zero-order chi connectivity index (χ0) is 13.2. The van der Waals surface area contributed by atoms with Crippen LogP contribution in [0.3, 0.4) is 0 Å². The molecule has 0 aliphatic carbocycles. The summed E-state index contributed by atoms with van der Waals surface area (Å²) in [5.41, 5.74) is 0. The summed E-state index contributed by atoms with van der Waals surface area (Å²) in [6.07, 6.45) is 2.14. The van der Waals surface area contributed by atoms with E-state index in [4.69, 9.17) is 4.74 Å². The number of rotatable bonds is 5. The molecule has 0 saturated carbocycles. The molecule has 1 aliphatic rings. The minimum atomic E-state index is -0.358. The second kappa shape index (κ2) is 5.65. The second-order valence-electron chi connectivity index (χ2n) is 6.00. The maximum atomic E-state index is 11.6. The van der Waals surface area contributed by atoms with Crippen molar-refractivity contribution in [3.8, 4) is 0 Å². The van der Waals surface area contributed by atoms with Gasteiger partial charge in [-0.05, 0) is 30.6 Å². The van der Waals surface area contributed by atoms with Crippen LogP contribution in [0.2, 0.25) is 0 Å². The van der Waals surface area contributed by atoms with Crippen LogP contribution in [0.1, 0.15) is 47.5 Å². The van der Waals surface area contributed by atoms with Crippen molar-refractivity contribution in [2.24, 2.45) is 29.6 Å². The lowest BCUT2D eigenvalue weighted by Crippen LogP contribution is -2.24. The molecular weight excluding hydrogens is 216 g/mol. The number of carbonyl (C=O) groups is 2. The minimum absolute atomic E-state index is 0.220. The van der Waals surface area contributed by atoms with Gasteiger partial charge < -0.3 is 4.74 Å². The SMILES string of the molecule is CC(C)CC(C)CC(C)C1C(=O)OC(=O)C1C. The lowest BCUT2D eigenvalue weighted by Gasteiger charge is -2.23. The molecule has 4 unspecified atom stereocenters. The molecule has 0 radical (unpaired) electrons. The van der Waals surface area contributed by atoms with Crippen LogP contribution >= 0.6 is 0 Å². The molecule has 17 heavy (non-hydrogen) atoms. The van der Waals surface area contributed by atoms with Crippen molar-refractivity contribution in [1.82, 2.24) is 0 Å². The lowest BCUT2D eigenvalue weighted by atomic mass is 9.79. The first-order valence-electron chi connectivity index (χ1n) is 6.58. The van der Waals surface area contributed by atoms with Crippen LogP contribution in [0, 0.1) is 29.6 Å². The van der Waals surface area contributed by atoms with Crippen molar-refractivity contribution in [3.63, 3.8) is 0 Å². The molecule has 1 saturated heterocycles. The van der Waals surface area contributed by atoms with Crippen LogP contribution < -0.4 is 0 Å². The molecule has 1 aliphatic heterocycles. The van der Waals surface area contributed by atoms with Crippen molar-refractivity contribution >= 4 is 11.9 Å². The first-order chi connectivity index (χ1) is 7.82. The van der Waals surface area contributed by atoms with E-state index in [-0.39, 0.29) is 29.7 Å². The van der Waals surface area contributed by atoms with Gasteiger partial charge in [-0.3, -0.25) is 9.59 Å². The normalized spacial score (nSPS) is 28.4. The molecule has 98 valence electrons. The minimum Gasteiger partial charge on any atom is -0.393 e. The molecule has 1 rings (SSSR count). The molecule has 3 heteroatoms. The number of ether oxygens (including phenoxy) is 1. The van der Waals surface area contributed by atoms with Crippen molar-refractivity contribution in [1.29, 1.82) is 0 Å². The lowest BCUT2D eigenvalue weighted by molar-refractivity contribution is -0.154. The van der Waals surface area contributed by atoms with Gasteiger partial charge in [0.2, 0.25) is 0 Å². The Kier molecular flexibility index (Phi) is 4.72. The van der Waals surface area contributed by atoms with Crippen LogP contribution in [0.4, 0.5) is 0 Å². The van der Waals surface area contributed by atoms with Crippen molar-refractivity contribution in [2.45, 2.75) is 47.5 Å². The molecule has 4 atom stereocenters. The number of hydrogen-bond acceptors (Lipinski definition) is 3. The Morgan fingerprint density at radius 3 is 2.06 bits per heavy atom. The summed E-state index contributed by atoms with van der Waals surface area (Å²) in [7, 11) is 0. The summed E-state index contributed by atoms with van der Waals surface area (Å²) in [5.74, 6) is 0.279. The summed E-state index contributed by atoms with van der Waals surface area (Å²) in [5, 5.41) is 0. The molecule has 0 aromatic rings. The molecule has 1 heterocycles. The van der Waals surface area contributed by atoms with E-state index in [0.29, 0.717) is 11.8 Å². The highest BCUT2D eigenvalue weighted by Crippen LogP contribution is 2.34. The maximum Gasteiger partial charge on any atom is 0.317 e. The summed E-state index contributed by atoms with van der Waals surface area (Å²) in [6, 6.07) is 0. The fourth-order valence-corrected chi connectivity index (χ4v) is 3.02. The highest BCUT2D eigenvalue weighted by molar-refractivity contribution is 5.96. The molecule has 3 nitrogen and oxygen atoms in total. The van der Waals surface area contributed by atoms with E-state index in [1.807, 2.05) is 0 Å². The van der Waals surface area contributed by atoms with E-state index in [1.165, 1.54) is 0 Å². The monoisotopic (exact) mass is 240 g/mol. The molecule has 0 bridgehead atoms. The third-order valence-corrected chi connectivity index (χ3v) is 3.64. The molecule has 0 spiro atoms. The van der Waals surface area contributed by atoms with Gasteiger partial charge in [-0.15, -0.1) is 0 Å². The Bertz CT molecular complexity index is 296. The largest absolute Gasteiger partial charge is 0.393 e. The zero-order valence-electron chi connectivity index (χ0n) is 11.5. The first-order valence-corrected chi connectivity index (χ1v) is 6.58. The Labute approximate surface area is 104 Å². The first kappa shape index (κ1) is 14.2. The molecule has 0 N–H and O–H groups in total. The summed E-state index contributed by atoms with van der Waals surface area (Å²) in [6.45, 7) is 10.5. The Balaban J connectivity index is 2.55. The average Bonchev–Trinajstić information content (AvgIpc) is 2.39. The quantitative estimate of drug-likeness (QED) is 0.548. The standard InChI is InChI=1S/C14H24O3/c1-8(2)6-9(3)7-10(4)12-11(5)13(15)17-14(12)16/h8-12H,6-7H2,1-5H3. The van der Waals surface area contributed by atoms with E-state index >= 15 is 0 Å². The average molecular weight is 240 g/mol. The Hall–Kier alpha value is -0.860. The van der Waals surface area contributed by atoms with E-state index < -0.39 is 0 Å². The predicted molar refractivity (Wildman–Crippen MR) is 66.2 cm³/mol. The van der Waals surface area contributed by atoms with Crippen molar-refractivity contribution in [2.75, 3.05) is 0 Å². The summed E-state index contributed by atoms with van der Waals surface area (Å²) >= 11 is 0. The van der Waals surface area contributed by atoms with Gasteiger partial charge in [0, 0.05) is 0 Å². The second-order valence-corrected chi connectivity index (χ2v) is 6.00. The fourth-order valence-electron chi connectivity index (χ4n) is 3.02. The van der Waals surface area contributed by atoms with Crippen LogP contribution in [0.5, 0.6) is 0 Å². The van der Waals surface area contributed by atoms with E-state index in [1.54, 1.807) is 6.92 Å². The van der Waals surface area contributed by atoms with Gasteiger partial charge >= 0.3 is 11.9 Å². The van der Waals surface area contributed by atoms with Gasteiger partial charge in [0.25, 0.3) is 0 Å².